The van der Waals surface area contributed by atoms with Gasteiger partial charge in [0.1, 0.15) is 5.82 Å². The predicted molar refractivity (Wildman–Crippen MR) is 68.6 cm³/mol. The highest BCUT2D eigenvalue weighted by Gasteiger charge is 2.17. The molecule has 104 valence electrons. The molecule has 18 heavy (non-hydrogen) atoms. The molecule has 7 heteroatoms. The number of hydrogen-bond acceptors (Lipinski definition) is 4. The lowest BCUT2D eigenvalue weighted by Crippen LogP contribution is -2.25. The molecule has 0 saturated carbocycles. The van der Waals surface area contributed by atoms with Gasteiger partial charge < -0.3 is 9.67 Å². The van der Waals surface area contributed by atoms with Gasteiger partial charge in [-0.3, -0.25) is 0 Å². The molecule has 0 amide bonds. The molecular formula is C11H21N3O3S. The number of aliphatic hydroxyl groups is 1. The lowest BCUT2D eigenvalue weighted by Gasteiger charge is -2.07. The van der Waals surface area contributed by atoms with Crippen LogP contribution in [-0.4, -0.2) is 36.2 Å². The summed E-state index contributed by atoms with van der Waals surface area (Å²) in [7, 11) is -1.76. The number of aliphatic hydroxyl groups excluding tert-OH is 1. The summed E-state index contributed by atoms with van der Waals surface area (Å²) in [6, 6.07) is 0. The Kier molecular flexibility index (Phi) is 5.30. The third-order valence-electron chi connectivity index (χ3n) is 2.84. The van der Waals surface area contributed by atoms with Crippen LogP contribution in [0.4, 0.5) is 0 Å². The van der Waals surface area contributed by atoms with E-state index in [1.54, 1.807) is 18.5 Å². The molecule has 6 nitrogen and oxygen atoms in total. The number of imidazole rings is 1. The lowest BCUT2D eigenvalue weighted by atomic mass is 10.1. The molecule has 0 fully saturated rings. The number of aromatic nitrogens is 2. The van der Waals surface area contributed by atoms with Crippen molar-refractivity contribution >= 4 is 10.0 Å². The van der Waals surface area contributed by atoms with Crippen LogP contribution in [0.5, 0.6) is 0 Å². The van der Waals surface area contributed by atoms with Crippen LogP contribution >= 0.6 is 0 Å². The molecule has 1 heterocycles. The zero-order valence-corrected chi connectivity index (χ0v) is 11.9. The van der Waals surface area contributed by atoms with E-state index in [2.05, 4.69) is 9.71 Å². The molecule has 0 aliphatic heterocycles. The standard InChI is InChI=1S/C11H21N3O3S/c1-9(8-15)5-4-6-12-18(16,17)11-7-14(3)10(2)13-11/h7,9,12,15H,4-6,8H2,1-3H3. The van der Waals surface area contributed by atoms with Crippen LogP contribution < -0.4 is 4.72 Å². The van der Waals surface area contributed by atoms with E-state index < -0.39 is 10.0 Å². The summed E-state index contributed by atoms with van der Waals surface area (Å²) in [6.07, 6.45) is 2.99. The second-order valence-electron chi connectivity index (χ2n) is 4.57. The largest absolute Gasteiger partial charge is 0.396 e. The minimum absolute atomic E-state index is 0.0534. The Hall–Kier alpha value is -0.920. The van der Waals surface area contributed by atoms with E-state index >= 15 is 0 Å². The maximum absolute atomic E-state index is 11.9. The first-order valence-electron chi connectivity index (χ1n) is 5.97. The molecule has 0 aliphatic rings. The molecule has 1 aromatic heterocycles. The van der Waals surface area contributed by atoms with Gasteiger partial charge in [-0.25, -0.2) is 18.1 Å². The third kappa shape index (κ3) is 4.08. The van der Waals surface area contributed by atoms with Crippen molar-refractivity contribution in [2.45, 2.75) is 31.7 Å². The van der Waals surface area contributed by atoms with Gasteiger partial charge in [0.25, 0.3) is 10.0 Å². The van der Waals surface area contributed by atoms with Crippen molar-refractivity contribution in [1.82, 2.24) is 14.3 Å². The molecule has 0 saturated heterocycles. The predicted octanol–water partition coefficient (Wildman–Crippen LogP) is 0.415. The van der Waals surface area contributed by atoms with Gasteiger partial charge in [-0.2, -0.15) is 0 Å². The highest BCUT2D eigenvalue weighted by molar-refractivity contribution is 7.89. The van der Waals surface area contributed by atoms with Gasteiger partial charge in [0, 0.05) is 26.4 Å². The number of nitrogens with zero attached hydrogens (tertiary/aromatic N) is 2. The van der Waals surface area contributed by atoms with Crippen LogP contribution in [0.25, 0.3) is 0 Å². The van der Waals surface area contributed by atoms with Crippen LogP contribution in [0.3, 0.4) is 0 Å². The van der Waals surface area contributed by atoms with E-state index in [-0.39, 0.29) is 17.6 Å². The van der Waals surface area contributed by atoms with E-state index in [4.69, 9.17) is 5.11 Å². The summed E-state index contributed by atoms with van der Waals surface area (Å²) in [5.41, 5.74) is 0. The SMILES string of the molecule is Cc1nc(S(=O)(=O)NCCCC(C)CO)cn1C. The summed E-state index contributed by atoms with van der Waals surface area (Å²) < 4.78 is 27.9. The van der Waals surface area contributed by atoms with Crippen molar-refractivity contribution in [3.63, 3.8) is 0 Å². The van der Waals surface area contributed by atoms with Crippen molar-refractivity contribution in [3.8, 4) is 0 Å². The monoisotopic (exact) mass is 275 g/mol. The zero-order chi connectivity index (χ0) is 13.8. The molecule has 0 radical (unpaired) electrons. The molecule has 1 aromatic rings. The highest BCUT2D eigenvalue weighted by Crippen LogP contribution is 2.08. The summed E-state index contributed by atoms with van der Waals surface area (Å²) in [4.78, 5) is 3.98. The van der Waals surface area contributed by atoms with Crippen LogP contribution in [0.1, 0.15) is 25.6 Å². The van der Waals surface area contributed by atoms with Crippen LogP contribution in [0.2, 0.25) is 0 Å². The van der Waals surface area contributed by atoms with E-state index in [0.717, 1.165) is 6.42 Å². The third-order valence-corrected chi connectivity index (χ3v) is 4.17. The minimum Gasteiger partial charge on any atom is -0.396 e. The second kappa shape index (κ2) is 6.31. The van der Waals surface area contributed by atoms with Gasteiger partial charge in [0.15, 0.2) is 5.03 Å². The summed E-state index contributed by atoms with van der Waals surface area (Å²) in [5.74, 6) is 0.857. The molecule has 0 aliphatic carbocycles. The first-order chi connectivity index (χ1) is 8.36. The molecule has 0 aromatic carbocycles. The maximum Gasteiger partial charge on any atom is 0.259 e. The Balaban J connectivity index is 2.50. The topological polar surface area (TPSA) is 84.2 Å². The van der Waals surface area contributed by atoms with Crippen LogP contribution in [0.15, 0.2) is 11.2 Å². The quantitative estimate of drug-likeness (QED) is 0.706. The zero-order valence-electron chi connectivity index (χ0n) is 11.0. The Morgan fingerprint density at radius 3 is 2.72 bits per heavy atom. The summed E-state index contributed by atoms with van der Waals surface area (Å²) >= 11 is 0. The molecule has 0 bridgehead atoms. The van der Waals surface area contributed by atoms with Crippen LogP contribution in [-0.2, 0) is 17.1 Å². The van der Waals surface area contributed by atoms with Gasteiger partial charge in [0.2, 0.25) is 0 Å². The lowest BCUT2D eigenvalue weighted by molar-refractivity contribution is 0.228. The van der Waals surface area contributed by atoms with E-state index in [9.17, 15) is 8.42 Å². The highest BCUT2D eigenvalue weighted by atomic mass is 32.2. The first kappa shape index (κ1) is 15.1. The van der Waals surface area contributed by atoms with Gasteiger partial charge in [-0.05, 0) is 25.7 Å². The van der Waals surface area contributed by atoms with Gasteiger partial charge in [-0.15, -0.1) is 0 Å². The average Bonchev–Trinajstić information content (AvgIpc) is 2.66. The minimum atomic E-state index is -3.51. The normalized spacial score (nSPS) is 13.8. The molecule has 0 spiro atoms. The van der Waals surface area contributed by atoms with E-state index in [0.29, 0.717) is 18.8 Å². The van der Waals surface area contributed by atoms with Crippen molar-refractivity contribution in [2.24, 2.45) is 13.0 Å². The van der Waals surface area contributed by atoms with Gasteiger partial charge >= 0.3 is 0 Å². The number of rotatable bonds is 7. The summed E-state index contributed by atoms with van der Waals surface area (Å²) in [5, 5.41) is 8.91. The van der Waals surface area contributed by atoms with Crippen molar-refractivity contribution in [2.75, 3.05) is 13.2 Å². The molecule has 1 atom stereocenters. The fraction of sp³-hybridized carbons (Fsp3) is 0.727. The Morgan fingerprint density at radius 1 is 1.56 bits per heavy atom. The molecule has 1 unspecified atom stereocenters. The number of sulfonamides is 1. The number of aryl methyl sites for hydroxylation is 2. The average molecular weight is 275 g/mol. The van der Waals surface area contributed by atoms with Crippen molar-refractivity contribution in [1.29, 1.82) is 0 Å². The van der Waals surface area contributed by atoms with E-state index in [1.807, 2.05) is 6.92 Å². The van der Waals surface area contributed by atoms with Gasteiger partial charge in [-0.1, -0.05) is 6.92 Å². The fourth-order valence-corrected chi connectivity index (χ4v) is 2.59. The molecule has 1 rings (SSSR count). The molecular weight excluding hydrogens is 254 g/mol. The van der Waals surface area contributed by atoms with E-state index in [1.165, 1.54) is 6.20 Å². The Morgan fingerprint density at radius 2 is 2.22 bits per heavy atom. The maximum atomic E-state index is 11.9. The fourth-order valence-electron chi connectivity index (χ4n) is 1.48. The van der Waals surface area contributed by atoms with Crippen molar-refractivity contribution < 1.29 is 13.5 Å². The second-order valence-corrected chi connectivity index (χ2v) is 6.28. The Bertz CT molecular complexity index is 462. The number of hydrogen-bond donors (Lipinski definition) is 2. The smallest absolute Gasteiger partial charge is 0.259 e. The Labute approximate surface area is 108 Å². The molecule has 2 N–H and O–H groups in total. The van der Waals surface area contributed by atoms with Crippen molar-refractivity contribution in [3.05, 3.63) is 12.0 Å². The summed E-state index contributed by atoms with van der Waals surface area (Å²) in [6.45, 7) is 4.17. The number of nitrogens with one attached hydrogen (secondary N) is 1. The first-order valence-corrected chi connectivity index (χ1v) is 7.45. The van der Waals surface area contributed by atoms with Crippen LogP contribution in [0, 0.1) is 12.8 Å². The van der Waals surface area contributed by atoms with Gasteiger partial charge in [0.05, 0.1) is 0 Å².